The molecule has 0 radical (unpaired) electrons. The fourth-order valence-electron chi connectivity index (χ4n) is 4.13. The van der Waals surface area contributed by atoms with Crippen LogP contribution in [-0.4, -0.2) is 48.1 Å². The Kier molecular flexibility index (Phi) is 6.47. The zero-order chi connectivity index (χ0) is 19.9. The molecule has 2 N–H and O–H groups in total. The van der Waals surface area contributed by atoms with Crippen molar-refractivity contribution in [2.45, 2.75) is 31.7 Å². The molecule has 2 heterocycles. The van der Waals surface area contributed by atoms with Crippen molar-refractivity contribution in [3.05, 3.63) is 66.4 Å². The average molecular weight is 392 g/mol. The first-order valence-corrected chi connectivity index (χ1v) is 10.5. The van der Waals surface area contributed by atoms with E-state index >= 15 is 0 Å². The lowest BCUT2D eigenvalue weighted by molar-refractivity contribution is -0.129. The van der Waals surface area contributed by atoms with Gasteiger partial charge in [0.05, 0.1) is 0 Å². The van der Waals surface area contributed by atoms with E-state index in [1.807, 2.05) is 36.4 Å². The van der Waals surface area contributed by atoms with E-state index in [-0.39, 0.29) is 0 Å². The highest BCUT2D eigenvalue weighted by Crippen LogP contribution is 2.23. The number of benzene rings is 2. The van der Waals surface area contributed by atoms with E-state index in [0.29, 0.717) is 25.0 Å². The second-order valence-corrected chi connectivity index (χ2v) is 7.59. The van der Waals surface area contributed by atoms with Gasteiger partial charge < -0.3 is 19.9 Å². The number of aromatic nitrogens is 1. The zero-order valence-corrected chi connectivity index (χ0v) is 16.8. The maximum absolute atomic E-state index is 12.4. The van der Waals surface area contributed by atoms with Gasteiger partial charge in [0, 0.05) is 42.7 Å². The number of aromatic amines is 1. The molecular formula is C24H29N3O2. The van der Waals surface area contributed by atoms with Crippen molar-refractivity contribution in [3.63, 3.8) is 0 Å². The Labute approximate surface area is 172 Å². The number of nitrogens with one attached hydrogen (secondary N) is 2. The van der Waals surface area contributed by atoms with Gasteiger partial charge >= 0.3 is 0 Å². The van der Waals surface area contributed by atoms with Gasteiger partial charge in [-0.15, -0.1) is 0 Å². The predicted octanol–water partition coefficient (Wildman–Crippen LogP) is 3.76. The van der Waals surface area contributed by atoms with Crippen LogP contribution in [0.5, 0.6) is 5.75 Å². The molecule has 4 rings (SSSR count). The summed E-state index contributed by atoms with van der Waals surface area (Å²) in [6.07, 6.45) is 5.61. The van der Waals surface area contributed by atoms with Crippen LogP contribution in [0.1, 0.15) is 24.8 Å². The molecule has 152 valence electrons. The van der Waals surface area contributed by atoms with Crippen LogP contribution in [0.2, 0.25) is 0 Å². The van der Waals surface area contributed by atoms with Gasteiger partial charge in [0.25, 0.3) is 0 Å². The average Bonchev–Trinajstić information content (AvgIpc) is 3.33. The van der Waals surface area contributed by atoms with E-state index < -0.39 is 0 Å². The summed E-state index contributed by atoms with van der Waals surface area (Å²) in [6.45, 7) is 3.16. The molecule has 0 spiro atoms. The highest BCUT2D eigenvalue weighted by Gasteiger charge is 2.30. The molecule has 5 heteroatoms. The number of amides is 1. The van der Waals surface area contributed by atoms with Gasteiger partial charge in [-0.25, -0.2) is 0 Å². The Morgan fingerprint density at radius 3 is 2.79 bits per heavy atom. The lowest BCUT2D eigenvalue weighted by atomic mass is 10.1. The molecule has 0 saturated carbocycles. The van der Waals surface area contributed by atoms with Gasteiger partial charge in [-0.3, -0.25) is 4.79 Å². The molecule has 2 aromatic carbocycles. The van der Waals surface area contributed by atoms with Crippen LogP contribution in [0.15, 0.2) is 60.8 Å². The van der Waals surface area contributed by atoms with Crippen LogP contribution in [0.3, 0.4) is 0 Å². The third kappa shape index (κ3) is 4.98. The SMILES string of the molecule is O=C1CCC(CCNCCOc2ccccc2)N1CCc1c[nH]c2ccccc12. The summed E-state index contributed by atoms with van der Waals surface area (Å²) in [7, 11) is 0. The number of hydrogen-bond donors (Lipinski definition) is 2. The second-order valence-electron chi connectivity index (χ2n) is 7.59. The normalized spacial score (nSPS) is 16.6. The summed E-state index contributed by atoms with van der Waals surface area (Å²) in [5, 5.41) is 4.70. The number of H-pyrrole nitrogens is 1. The topological polar surface area (TPSA) is 57.4 Å². The van der Waals surface area contributed by atoms with Gasteiger partial charge in [-0.2, -0.15) is 0 Å². The van der Waals surface area contributed by atoms with Crippen LogP contribution in [0.25, 0.3) is 10.9 Å². The standard InChI is InChI=1S/C24H29N3O2/c28-24-11-10-20(12-14-25-15-17-29-21-6-2-1-3-7-21)27(24)16-13-19-18-26-23-9-5-4-8-22(19)23/h1-9,18,20,25-26H,10-17H2. The number of likely N-dealkylation sites (tertiary alicyclic amines) is 1. The second kappa shape index (κ2) is 9.61. The smallest absolute Gasteiger partial charge is 0.222 e. The molecule has 3 aromatic rings. The molecule has 1 atom stereocenters. The summed E-state index contributed by atoms with van der Waals surface area (Å²) in [6, 6.07) is 18.6. The van der Waals surface area contributed by atoms with Crippen molar-refractivity contribution in [1.29, 1.82) is 0 Å². The number of nitrogens with zero attached hydrogens (tertiary/aromatic N) is 1. The summed E-state index contributed by atoms with van der Waals surface area (Å²) in [5.74, 6) is 1.20. The van der Waals surface area contributed by atoms with Gasteiger partial charge in [0.15, 0.2) is 0 Å². The fraction of sp³-hybridized carbons (Fsp3) is 0.375. The predicted molar refractivity (Wildman–Crippen MR) is 116 cm³/mol. The summed E-state index contributed by atoms with van der Waals surface area (Å²) < 4.78 is 5.70. The van der Waals surface area contributed by atoms with Crippen LogP contribution in [-0.2, 0) is 11.2 Å². The molecule has 1 aromatic heterocycles. The number of para-hydroxylation sites is 2. The largest absolute Gasteiger partial charge is 0.492 e. The van der Waals surface area contributed by atoms with E-state index in [0.717, 1.165) is 50.2 Å². The first-order chi connectivity index (χ1) is 14.3. The number of carbonyl (C=O) groups is 1. The number of hydrogen-bond acceptors (Lipinski definition) is 3. The van der Waals surface area contributed by atoms with Crippen molar-refractivity contribution in [2.24, 2.45) is 0 Å². The third-order valence-corrected chi connectivity index (χ3v) is 5.69. The Balaban J connectivity index is 1.20. The Hall–Kier alpha value is -2.79. The summed E-state index contributed by atoms with van der Waals surface area (Å²) in [5.41, 5.74) is 2.45. The Bertz CT molecular complexity index is 922. The number of rotatable bonds is 10. The molecule has 1 amide bonds. The van der Waals surface area contributed by atoms with Crippen molar-refractivity contribution in [2.75, 3.05) is 26.2 Å². The minimum Gasteiger partial charge on any atom is -0.492 e. The highest BCUT2D eigenvalue weighted by molar-refractivity contribution is 5.83. The molecule has 1 aliphatic heterocycles. The van der Waals surface area contributed by atoms with Crippen LogP contribution < -0.4 is 10.1 Å². The summed E-state index contributed by atoms with van der Waals surface area (Å²) >= 11 is 0. The number of ether oxygens (including phenoxy) is 1. The van der Waals surface area contributed by atoms with Crippen molar-refractivity contribution >= 4 is 16.8 Å². The highest BCUT2D eigenvalue weighted by atomic mass is 16.5. The maximum atomic E-state index is 12.4. The van der Waals surface area contributed by atoms with Crippen molar-refractivity contribution in [3.8, 4) is 5.75 Å². The number of fused-ring (bicyclic) bond motifs is 1. The molecule has 5 nitrogen and oxygen atoms in total. The minimum atomic E-state index is 0.294. The van der Waals surface area contributed by atoms with E-state index in [1.54, 1.807) is 0 Å². The minimum absolute atomic E-state index is 0.294. The van der Waals surface area contributed by atoms with E-state index in [9.17, 15) is 4.79 Å². The van der Waals surface area contributed by atoms with E-state index in [1.165, 1.54) is 10.9 Å². The van der Waals surface area contributed by atoms with Crippen LogP contribution in [0, 0.1) is 0 Å². The fourth-order valence-corrected chi connectivity index (χ4v) is 4.13. The van der Waals surface area contributed by atoms with Crippen molar-refractivity contribution in [1.82, 2.24) is 15.2 Å². The van der Waals surface area contributed by atoms with E-state index in [2.05, 4.69) is 39.6 Å². The first-order valence-electron chi connectivity index (χ1n) is 10.5. The molecule has 0 aliphatic carbocycles. The van der Waals surface area contributed by atoms with Gasteiger partial charge in [0.1, 0.15) is 12.4 Å². The van der Waals surface area contributed by atoms with E-state index in [4.69, 9.17) is 4.74 Å². The molecule has 1 aliphatic rings. The van der Waals surface area contributed by atoms with Gasteiger partial charge in [-0.1, -0.05) is 36.4 Å². The molecule has 29 heavy (non-hydrogen) atoms. The Morgan fingerprint density at radius 1 is 1.07 bits per heavy atom. The molecular weight excluding hydrogens is 362 g/mol. The van der Waals surface area contributed by atoms with Crippen molar-refractivity contribution < 1.29 is 9.53 Å². The lowest BCUT2D eigenvalue weighted by Gasteiger charge is -2.25. The first kappa shape index (κ1) is 19.5. The zero-order valence-electron chi connectivity index (χ0n) is 16.8. The summed E-state index contributed by atoms with van der Waals surface area (Å²) in [4.78, 5) is 17.8. The third-order valence-electron chi connectivity index (χ3n) is 5.69. The molecule has 1 fully saturated rings. The van der Waals surface area contributed by atoms with Crippen LogP contribution >= 0.6 is 0 Å². The van der Waals surface area contributed by atoms with Crippen LogP contribution in [0.4, 0.5) is 0 Å². The quantitative estimate of drug-likeness (QED) is 0.518. The molecule has 0 bridgehead atoms. The molecule has 1 unspecified atom stereocenters. The number of carbonyl (C=O) groups excluding carboxylic acids is 1. The van der Waals surface area contributed by atoms with Gasteiger partial charge in [0.2, 0.25) is 5.91 Å². The monoisotopic (exact) mass is 391 g/mol. The van der Waals surface area contributed by atoms with Gasteiger partial charge in [-0.05, 0) is 49.6 Å². The maximum Gasteiger partial charge on any atom is 0.222 e. The lowest BCUT2D eigenvalue weighted by Crippen LogP contribution is -2.37. The molecule has 1 saturated heterocycles. The Morgan fingerprint density at radius 2 is 1.90 bits per heavy atom.